The second-order valence-electron chi connectivity index (χ2n) is 4.75. The highest BCUT2D eigenvalue weighted by molar-refractivity contribution is 6.29. The zero-order valence-corrected chi connectivity index (χ0v) is 12.4. The first-order valence-corrected chi connectivity index (χ1v) is 7.15. The molecule has 1 fully saturated rings. The molecule has 1 aliphatic rings. The number of halogens is 1. The van der Waals surface area contributed by atoms with Crippen molar-refractivity contribution in [3.8, 4) is 17.3 Å². The molecule has 2 heterocycles. The summed E-state index contributed by atoms with van der Waals surface area (Å²) in [4.78, 5) is 8.59. The zero-order valence-electron chi connectivity index (χ0n) is 11.7. The molecule has 0 radical (unpaired) electrons. The molecule has 2 aromatic rings. The number of nitrogens with one attached hydrogen (secondary N) is 1. The predicted octanol–water partition coefficient (Wildman–Crippen LogP) is 2.47. The van der Waals surface area contributed by atoms with Crippen LogP contribution in [0.2, 0.25) is 5.15 Å². The maximum Gasteiger partial charge on any atom is 0.218 e. The fourth-order valence-corrected chi connectivity index (χ4v) is 2.46. The third kappa shape index (κ3) is 3.32. The lowest BCUT2D eigenvalue weighted by Gasteiger charge is -2.24. The quantitative estimate of drug-likeness (QED) is 0.883. The van der Waals surface area contributed by atoms with E-state index in [2.05, 4.69) is 15.3 Å². The van der Waals surface area contributed by atoms with E-state index in [0.717, 1.165) is 30.8 Å². The summed E-state index contributed by atoms with van der Waals surface area (Å²) in [5.41, 5.74) is 1.99. The number of aromatic nitrogens is 2. The Balaban J connectivity index is 1.93. The molecule has 1 N–H and O–H groups in total. The molecule has 1 atom stereocenters. The lowest BCUT2D eigenvalue weighted by atomic mass is 10.0. The van der Waals surface area contributed by atoms with Crippen LogP contribution in [0.25, 0.3) is 11.4 Å². The Morgan fingerprint density at radius 3 is 3.00 bits per heavy atom. The molecular formula is C15H16ClN3O2. The summed E-state index contributed by atoms with van der Waals surface area (Å²) in [5.74, 6) is 0.996. The van der Waals surface area contributed by atoms with Crippen LogP contribution >= 0.6 is 11.6 Å². The molecule has 5 nitrogen and oxygen atoms in total. The van der Waals surface area contributed by atoms with Gasteiger partial charge in [0.25, 0.3) is 0 Å². The van der Waals surface area contributed by atoms with Crippen molar-refractivity contribution in [1.29, 1.82) is 0 Å². The van der Waals surface area contributed by atoms with Crippen molar-refractivity contribution in [3.05, 3.63) is 41.0 Å². The van der Waals surface area contributed by atoms with Crippen molar-refractivity contribution < 1.29 is 9.47 Å². The maximum atomic E-state index is 6.00. The van der Waals surface area contributed by atoms with Crippen LogP contribution in [-0.2, 0) is 4.74 Å². The van der Waals surface area contributed by atoms with Crippen LogP contribution in [0.5, 0.6) is 5.88 Å². The maximum absolute atomic E-state index is 6.00. The summed E-state index contributed by atoms with van der Waals surface area (Å²) < 4.78 is 10.9. The number of nitrogens with zero attached hydrogens (tertiary/aromatic N) is 2. The standard InChI is InChI=1S/C15H16ClN3O2/c1-20-14-8-13(16)18-15(19-14)11-4-2-3-10(7-11)12-9-17-5-6-21-12/h2-4,7-8,12,17H,5-6,9H2,1H3/t12-/m0/s1. The first kappa shape index (κ1) is 14.3. The summed E-state index contributed by atoms with van der Waals surface area (Å²) in [7, 11) is 1.56. The number of ether oxygens (including phenoxy) is 2. The highest BCUT2D eigenvalue weighted by Crippen LogP contribution is 2.26. The normalized spacial score (nSPS) is 18.5. The molecule has 0 spiro atoms. The Bertz CT molecular complexity index is 630. The number of methoxy groups -OCH3 is 1. The van der Waals surface area contributed by atoms with Gasteiger partial charge in [0.15, 0.2) is 5.82 Å². The molecule has 0 aliphatic carbocycles. The number of morpholine rings is 1. The van der Waals surface area contributed by atoms with Crippen molar-refractivity contribution in [1.82, 2.24) is 15.3 Å². The molecule has 1 saturated heterocycles. The minimum absolute atomic E-state index is 0.0554. The lowest BCUT2D eigenvalue weighted by molar-refractivity contribution is 0.0277. The van der Waals surface area contributed by atoms with Gasteiger partial charge in [-0.15, -0.1) is 0 Å². The summed E-state index contributed by atoms with van der Waals surface area (Å²) in [6, 6.07) is 9.58. The highest BCUT2D eigenvalue weighted by Gasteiger charge is 2.16. The largest absolute Gasteiger partial charge is 0.481 e. The van der Waals surface area contributed by atoms with E-state index in [1.807, 2.05) is 24.3 Å². The van der Waals surface area contributed by atoms with Crippen LogP contribution in [0, 0.1) is 0 Å². The molecular weight excluding hydrogens is 290 g/mol. The Morgan fingerprint density at radius 1 is 1.33 bits per heavy atom. The molecule has 110 valence electrons. The van der Waals surface area contributed by atoms with Crippen LogP contribution < -0.4 is 10.1 Å². The highest BCUT2D eigenvalue weighted by atomic mass is 35.5. The number of hydrogen-bond donors (Lipinski definition) is 1. The molecule has 21 heavy (non-hydrogen) atoms. The molecule has 1 aromatic heterocycles. The van der Waals surface area contributed by atoms with Crippen molar-refractivity contribution in [2.24, 2.45) is 0 Å². The SMILES string of the molecule is COc1cc(Cl)nc(-c2cccc([C@@H]3CNCCO3)c2)n1. The van der Waals surface area contributed by atoms with E-state index < -0.39 is 0 Å². The summed E-state index contributed by atoms with van der Waals surface area (Å²) >= 11 is 6.00. The van der Waals surface area contributed by atoms with Crippen LogP contribution in [0.15, 0.2) is 30.3 Å². The molecule has 0 saturated carbocycles. The second-order valence-corrected chi connectivity index (χ2v) is 5.13. The molecule has 6 heteroatoms. The monoisotopic (exact) mass is 305 g/mol. The van der Waals surface area contributed by atoms with E-state index >= 15 is 0 Å². The number of benzene rings is 1. The topological polar surface area (TPSA) is 56.3 Å². The van der Waals surface area contributed by atoms with E-state index in [4.69, 9.17) is 21.1 Å². The molecule has 1 aliphatic heterocycles. The fourth-order valence-electron chi connectivity index (χ4n) is 2.29. The van der Waals surface area contributed by atoms with Crippen molar-refractivity contribution in [2.45, 2.75) is 6.10 Å². The Kier molecular flexibility index (Phi) is 4.34. The van der Waals surface area contributed by atoms with Gasteiger partial charge < -0.3 is 14.8 Å². The van der Waals surface area contributed by atoms with Crippen LogP contribution in [0.1, 0.15) is 11.7 Å². The summed E-state index contributed by atoms with van der Waals surface area (Å²) in [6.07, 6.45) is 0.0554. The summed E-state index contributed by atoms with van der Waals surface area (Å²) in [6.45, 7) is 2.42. The van der Waals surface area contributed by atoms with Crippen LogP contribution in [0.3, 0.4) is 0 Å². The second kappa shape index (κ2) is 6.39. The molecule has 0 unspecified atom stereocenters. The lowest BCUT2D eigenvalue weighted by Crippen LogP contribution is -2.33. The smallest absolute Gasteiger partial charge is 0.218 e. The van der Waals surface area contributed by atoms with Gasteiger partial charge in [-0.05, 0) is 11.6 Å². The Morgan fingerprint density at radius 2 is 2.24 bits per heavy atom. The third-order valence-corrected chi connectivity index (χ3v) is 3.52. The van der Waals surface area contributed by atoms with Crippen LogP contribution in [0.4, 0.5) is 0 Å². The van der Waals surface area contributed by atoms with Gasteiger partial charge in [-0.3, -0.25) is 0 Å². The van der Waals surface area contributed by atoms with Gasteiger partial charge in [0.1, 0.15) is 5.15 Å². The first-order valence-electron chi connectivity index (χ1n) is 6.77. The van der Waals surface area contributed by atoms with E-state index in [0.29, 0.717) is 16.9 Å². The van der Waals surface area contributed by atoms with Crippen molar-refractivity contribution >= 4 is 11.6 Å². The third-order valence-electron chi connectivity index (χ3n) is 3.32. The molecule has 3 rings (SSSR count). The van der Waals surface area contributed by atoms with E-state index in [1.54, 1.807) is 13.2 Å². The van der Waals surface area contributed by atoms with E-state index in [-0.39, 0.29) is 6.10 Å². The molecule has 0 bridgehead atoms. The van der Waals surface area contributed by atoms with Gasteiger partial charge in [-0.25, -0.2) is 4.98 Å². The molecule has 0 amide bonds. The van der Waals surface area contributed by atoms with Gasteiger partial charge in [0, 0.05) is 24.7 Å². The van der Waals surface area contributed by atoms with Gasteiger partial charge in [0.05, 0.1) is 19.8 Å². The predicted molar refractivity (Wildman–Crippen MR) is 80.6 cm³/mol. The van der Waals surface area contributed by atoms with Gasteiger partial charge in [-0.1, -0.05) is 29.8 Å². The number of rotatable bonds is 3. The average Bonchev–Trinajstić information content (AvgIpc) is 2.55. The average molecular weight is 306 g/mol. The van der Waals surface area contributed by atoms with Crippen molar-refractivity contribution in [3.63, 3.8) is 0 Å². The fraction of sp³-hybridized carbons (Fsp3) is 0.333. The Labute approximate surface area is 128 Å². The van der Waals surface area contributed by atoms with Crippen LogP contribution in [-0.4, -0.2) is 36.8 Å². The van der Waals surface area contributed by atoms with E-state index in [9.17, 15) is 0 Å². The molecule has 1 aromatic carbocycles. The van der Waals surface area contributed by atoms with Gasteiger partial charge >= 0.3 is 0 Å². The first-order chi connectivity index (χ1) is 10.3. The van der Waals surface area contributed by atoms with Gasteiger partial charge in [0.2, 0.25) is 5.88 Å². The van der Waals surface area contributed by atoms with Crippen molar-refractivity contribution in [2.75, 3.05) is 26.8 Å². The van der Waals surface area contributed by atoms with E-state index in [1.165, 1.54) is 0 Å². The minimum atomic E-state index is 0.0554. The summed E-state index contributed by atoms with van der Waals surface area (Å²) in [5, 5.41) is 3.68. The number of hydrogen-bond acceptors (Lipinski definition) is 5. The Hall–Kier alpha value is -1.69. The zero-order chi connectivity index (χ0) is 14.7. The van der Waals surface area contributed by atoms with Gasteiger partial charge in [-0.2, -0.15) is 4.98 Å². The minimum Gasteiger partial charge on any atom is -0.481 e.